The molecule has 92 valence electrons. The van der Waals surface area contributed by atoms with Crippen LogP contribution < -0.4 is 0 Å². The van der Waals surface area contributed by atoms with Crippen molar-refractivity contribution >= 4 is 17.3 Å². The molecule has 18 heavy (non-hydrogen) atoms. The van der Waals surface area contributed by atoms with Gasteiger partial charge < -0.3 is 5.11 Å². The third kappa shape index (κ3) is 2.47. The second-order valence-corrected chi connectivity index (χ2v) is 4.06. The Bertz CT molecular complexity index is 572. The molecule has 0 saturated heterocycles. The van der Waals surface area contributed by atoms with Crippen LogP contribution in [-0.4, -0.2) is 15.0 Å². The Balaban J connectivity index is 2.42. The molecule has 0 amide bonds. The van der Waals surface area contributed by atoms with E-state index in [9.17, 15) is 15.2 Å². The molecule has 0 aliphatic heterocycles. The summed E-state index contributed by atoms with van der Waals surface area (Å²) < 4.78 is 0. The molecule has 0 spiro atoms. The summed E-state index contributed by atoms with van der Waals surface area (Å²) in [6, 6.07) is 9.18. The van der Waals surface area contributed by atoms with E-state index in [0.717, 1.165) is 0 Å². The summed E-state index contributed by atoms with van der Waals surface area (Å²) in [4.78, 5) is 14.2. The fourth-order valence-electron chi connectivity index (χ4n) is 1.58. The van der Waals surface area contributed by atoms with Gasteiger partial charge in [0.15, 0.2) is 5.69 Å². The number of nitrogens with zero attached hydrogens (tertiary/aromatic N) is 2. The topological polar surface area (TPSA) is 76.3 Å². The summed E-state index contributed by atoms with van der Waals surface area (Å²) in [5.74, 6) is 0. The van der Waals surface area contributed by atoms with Crippen LogP contribution in [0.1, 0.15) is 17.4 Å². The molecule has 2 rings (SSSR count). The summed E-state index contributed by atoms with van der Waals surface area (Å²) in [6.45, 7) is 0. The maximum Gasteiger partial charge on any atom is 0.293 e. The number of hydrogen-bond donors (Lipinski definition) is 1. The first-order valence-corrected chi connectivity index (χ1v) is 5.50. The van der Waals surface area contributed by atoms with Crippen LogP contribution in [0.15, 0.2) is 42.6 Å². The van der Waals surface area contributed by atoms with Crippen molar-refractivity contribution in [2.24, 2.45) is 0 Å². The molecule has 2 aromatic rings. The fraction of sp³-hybridized carbons (Fsp3) is 0.0833. The van der Waals surface area contributed by atoms with Gasteiger partial charge >= 0.3 is 0 Å². The number of benzene rings is 1. The minimum absolute atomic E-state index is 0.0184. The molecular weight excluding hydrogens is 256 g/mol. The van der Waals surface area contributed by atoms with Crippen LogP contribution in [0.5, 0.6) is 0 Å². The van der Waals surface area contributed by atoms with Gasteiger partial charge in [0.05, 0.1) is 4.92 Å². The van der Waals surface area contributed by atoms with Gasteiger partial charge in [-0.3, -0.25) is 15.1 Å². The summed E-state index contributed by atoms with van der Waals surface area (Å²) in [6.07, 6.45) is 0.255. The summed E-state index contributed by atoms with van der Waals surface area (Å²) in [5.41, 5.74) is 0.311. The van der Waals surface area contributed by atoms with E-state index in [2.05, 4.69) is 4.98 Å². The summed E-state index contributed by atoms with van der Waals surface area (Å²) >= 11 is 5.74. The number of aromatic nitrogens is 1. The first kappa shape index (κ1) is 12.5. The minimum atomic E-state index is -1.15. The standard InChI is InChI=1S/C12H9ClN2O3/c13-9-5-3-8(4-6-9)12(16)11-10(15(17)18)2-1-7-14-11/h1-7,12,16H. The van der Waals surface area contributed by atoms with E-state index in [4.69, 9.17) is 11.6 Å². The Morgan fingerprint density at radius 3 is 2.56 bits per heavy atom. The number of pyridine rings is 1. The molecule has 0 radical (unpaired) electrons. The Morgan fingerprint density at radius 1 is 1.28 bits per heavy atom. The lowest BCUT2D eigenvalue weighted by molar-refractivity contribution is -0.386. The van der Waals surface area contributed by atoms with Crippen molar-refractivity contribution in [1.29, 1.82) is 0 Å². The van der Waals surface area contributed by atoms with E-state index in [1.54, 1.807) is 24.3 Å². The molecule has 0 aliphatic rings. The van der Waals surface area contributed by atoms with Crippen LogP contribution in [0, 0.1) is 10.1 Å². The number of hydrogen-bond acceptors (Lipinski definition) is 4. The van der Waals surface area contributed by atoms with Crippen molar-refractivity contribution in [2.75, 3.05) is 0 Å². The smallest absolute Gasteiger partial charge is 0.293 e. The predicted molar refractivity (Wildman–Crippen MR) is 66.4 cm³/mol. The van der Waals surface area contributed by atoms with Gasteiger partial charge in [-0.25, -0.2) is 0 Å². The van der Waals surface area contributed by atoms with Crippen LogP contribution in [-0.2, 0) is 0 Å². The molecule has 1 atom stereocenters. The lowest BCUT2D eigenvalue weighted by atomic mass is 10.1. The molecule has 0 fully saturated rings. The van der Waals surface area contributed by atoms with E-state index in [1.807, 2.05) is 0 Å². The maximum atomic E-state index is 10.8. The lowest BCUT2D eigenvalue weighted by Crippen LogP contribution is -2.06. The largest absolute Gasteiger partial charge is 0.382 e. The number of aliphatic hydroxyl groups excluding tert-OH is 1. The molecule has 1 N–H and O–H groups in total. The van der Waals surface area contributed by atoms with Gasteiger partial charge in [-0.1, -0.05) is 23.7 Å². The van der Waals surface area contributed by atoms with E-state index in [0.29, 0.717) is 10.6 Å². The number of nitro groups is 1. The second kappa shape index (κ2) is 5.12. The van der Waals surface area contributed by atoms with E-state index in [1.165, 1.54) is 18.3 Å². The second-order valence-electron chi connectivity index (χ2n) is 3.62. The zero-order chi connectivity index (χ0) is 13.1. The van der Waals surface area contributed by atoms with Gasteiger partial charge in [0, 0.05) is 17.3 Å². The molecule has 5 nitrogen and oxygen atoms in total. The van der Waals surface area contributed by atoms with Crippen molar-refractivity contribution < 1.29 is 10.0 Å². The first-order valence-electron chi connectivity index (χ1n) is 5.12. The van der Waals surface area contributed by atoms with E-state index in [-0.39, 0.29) is 11.4 Å². The SMILES string of the molecule is O=[N+]([O-])c1cccnc1C(O)c1ccc(Cl)cc1. The Kier molecular flexibility index (Phi) is 3.55. The average molecular weight is 265 g/mol. The van der Waals surface area contributed by atoms with Crippen molar-refractivity contribution in [3.63, 3.8) is 0 Å². The highest BCUT2D eigenvalue weighted by atomic mass is 35.5. The summed E-state index contributed by atoms with van der Waals surface area (Å²) in [5, 5.41) is 21.5. The average Bonchev–Trinajstić information content (AvgIpc) is 2.39. The van der Waals surface area contributed by atoms with Crippen LogP contribution in [0.2, 0.25) is 5.02 Å². The summed E-state index contributed by atoms with van der Waals surface area (Å²) in [7, 11) is 0. The van der Waals surface area contributed by atoms with E-state index < -0.39 is 11.0 Å². The Hall–Kier alpha value is -1.98. The van der Waals surface area contributed by atoms with Crippen molar-refractivity contribution in [1.82, 2.24) is 4.98 Å². The van der Waals surface area contributed by atoms with E-state index >= 15 is 0 Å². The van der Waals surface area contributed by atoms with Crippen molar-refractivity contribution in [3.8, 4) is 0 Å². The van der Waals surface area contributed by atoms with Gasteiger partial charge in [-0.05, 0) is 23.8 Å². The van der Waals surface area contributed by atoms with Gasteiger partial charge in [0.1, 0.15) is 6.10 Å². The third-order valence-corrected chi connectivity index (χ3v) is 2.71. The van der Waals surface area contributed by atoms with Crippen molar-refractivity contribution in [2.45, 2.75) is 6.10 Å². The van der Waals surface area contributed by atoms with Gasteiger partial charge in [0.2, 0.25) is 0 Å². The number of rotatable bonds is 3. The molecule has 6 heteroatoms. The first-order chi connectivity index (χ1) is 8.59. The monoisotopic (exact) mass is 264 g/mol. The van der Waals surface area contributed by atoms with Crippen LogP contribution in [0.4, 0.5) is 5.69 Å². The highest BCUT2D eigenvalue weighted by Crippen LogP contribution is 2.28. The van der Waals surface area contributed by atoms with Gasteiger partial charge in [0.25, 0.3) is 5.69 Å². The normalized spacial score (nSPS) is 12.1. The fourth-order valence-corrected chi connectivity index (χ4v) is 1.70. The lowest BCUT2D eigenvalue weighted by Gasteiger charge is -2.10. The zero-order valence-electron chi connectivity index (χ0n) is 9.15. The highest BCUT2D eigenvalue weighted by Gasteiger charge is 2.22. The predicted octanol–water partition coefficient (Wildman–Crippen LogP) is 2.72. The molecule has 1 aromatic heterocycles. The van der Waals surface area contributed by atoms with Gasteiger partial charge in [-0.15, -0.1) is 0 Å². The molecular formula is C12H9ClN2O3. The highest BCUT2D eigenvalue weighted by molar-refractivity contribution is 6.30. The molecule has 0 saturated carbocycles. The molecule has 0 aliphatic carbocycles. The molecule has 1 unspecified atom stereocenters. The number of aliphatic hydroxyl groups is 1. The minimum Gasteiger partial charge on any atom is -0.382 e. The molecule has 1 heterocycles. The molecule has 1 aromatic carbocycles. The quantitative estimate of drug-likeness (QED) is 0.683. The van der Waals surface area contributed by atoms with Crippen LogP contribution in [0.3, 0.4) is 0 Å². The van der Waals surface area contributed by atoms with Gasteiger partial charge in [-0.2, -0.15) is 0 Å². The Labute approximate surface area is 108 Å². The zero-order valence-corrected chi connectivity index (χ0v) is 9.91. The van der Waals surface area contributed by atoms with Crippen LogP contribution in [0.25, 0.3) is 0 Å². The third-order valence-electron chi connectivity index (χ3n) is 2.46. The van der Waals surface area contributed by atoms with Crippen LogP contribution >= 0.6 is 11.6 Å². The molecule has 0 bridgehead atoms. The Morgan fingerprint density at radius 2 is 1.94 bits per heavy atom. The number of halogens is 1. The van der Waals surface area contributed by atoms with Crippen molar-refractivity contribution in [3.05, 3.63) is 69.0 Å². The maximum absolute atomic E-state index is 10.8.